The lowest BCUT2D eigenvalue weighted by Crippen LogP contribution is -2.37. The average molecular weight is 444 g/mol. The average Bonchev–Trinajstić information content (AvgIpc) is 3.36. The van der Waals surface area contributed by atoms with Gasteiger partial charge in [-0.15, -0.1) is 0 Å². The quantitative estimate of drug-likeness (QED) is 0.553. The molecule has 0 radical (unpaired) electrons. The van der Waals surface area contributed by atoms with Crippen molar-refractivity contribution in [2.24, 2.45) is 5.92 Å². The first-order chi connectivity index (χ1) is 16.0. The van der Waals surface area contributed by atoms with Crippen molar-refractivity contribution in [3.8, 4) is 11.5 Å². The molecule has 5 rings (SSSR count). The number of imide groups is 1. The van der Waals surface area contributed by atoms with E-state index in [4.69, 9.17) is 14.3 Å². The van der Waals surface area contributed by atoms with E-state index in [9.17, 15) is 9.59 Å². The molecule has 2 aliphatic rings. The van der Waals surface area contributed by atoms with Gasteiger partial charge in [-0.05, 0) is 48.9 Å². The van der Waals surface area contributed by atoms with Crippen molar-refractivity contribution in [1.82, 2.24) is 0 Å². The van der Waals surface area contributed by atoms with Crippen LogP contribution in [0.25, 0.3) is 0 Å². The molecule has 0 spiro atoms. The molecule has 0 N–H and O–H groups in total. The number of carbonyl (C=O) groups excluding carboxylic acids is 2. The third kappa shape index (κ3) is 3.41. The van der Waals surface area contributed by atoms with E-state index in [2.05, 4.69) is 0 Å². The van der Waals surface area contributed by atoms with Gasteiger partial charge in [-0.2, -0.15) is 0 Å². The fraction of sp³-hybridized carbons (Fsp3) is 0.231. The molecule has 0 bridgehead atoms. The second kappa shape index (κ2) is 8.26. The van der Waals surface area contributed by atoms with Crippen molar-refractivity contribution >= 4 is 23.2 Å². The van der Waals surface area contributed by atoms with Gasteiger partial charge in [0.25, 0.3) is 5.91 Å². The van der Waals surface area contributed by atoms with E-state index in [0.717, 1.165) is 16.8 Å². The van der Waals surface area contributed by atoms with Crippen molar-refractivity contribution in [2.45, 2.75) is 19.1 Å². The number of carbonyl (C=O) groups is 2. The van der Waals surface area contributed by atoms with Gasteiger partial charge in [0, 0.05) is 0 Å². The summed E-state index contributed by atoms with van der Waals surface area (Å²) in [6, 6.07) is 21.8. The molecule has 2 amide bonds. The molecule has 0 unspecified atom stereocenters. The van der Waals surface area contributed by atoms with E-state index in [-0.39, 0.29) is 11.8 Å². The Morgan fingerprint density at radius 2 is 1.48 bits per heavy atom. The molecular formula is C26H24N2O5. The van der Waals surface area contributed by atoms with Crippen LogP contribution in [0, 0.1) is 12.8 Å². The number of nitrogens with zero attached hydrogens (tertiary/aromatic N) is 2. The number of methoxy groups -OCH3 is 2. The Hall–Kier alpha value is -3.84. The Bertz CT molecular complexity index is 1200. The standard InChI is InChI=1S/C26H24N2O5/c1-16-9-12-18(13-10-16)27-25(29)22-23(17-11-14-20(31-2)21(15-17)32-3)28(33-24(22)26(27)30)19-7-5-4-6-8-19/h4-15,22-24H,1-3H3/t22-,23-,24+/m1/s1. The van der Waals surface area contributed by atoms with Gasteiger partial charge in [0.1, 0.15) is 5.92 Å². The number of hydroxylamine groups is 1. The highest BCUT2D eigenvalue weighted by molar-refractivity contribution is 6.23. The van der Waals surface area contributed by atoms with E-state index < -0.39 is 18.1 Å². The van der Waals surface area contributed by atoms with E-state index in [1.54, 1.807) is 37.5 Å². The molecule has 168 valence electrons. The zero-order valence-corrected chi connectivity index (χ0v) is 18.6. The van der Waals surface area contributed by atoms with Crippen LogP contribution in [0.3, 0.4) is 0 Å². The monoisotopic (exact) mass is 444 g/mol. The fourth-order valence-electron chi connectivity index (χ4n) is 4.54. The van der Waals surface area contributed by atoms with Crippen LogP contribution in [-0.2, 0) is 14.4 Å². The summed E-state index contributed by atoms with van der Waals surface area (Å²) in [6.07, 6.45) is -0.919. The number of rotatable bonds is 5. The Balaban J connectivity index is 1.60. The highest BCUT2D eigenvalue weighted by atomic mass is 16.7. The molecule has 2 aliphatic heterocycles. The van der Waals surface area contributed by atoms with Crippen LogP contribution in [0.15, 0.2) is 72.8 Å². The van der Waals surface area contributed by atoms with Crippen molar-refractivity contribution in [1.29, 1.82) is 0 Å². The molecule has 2 heterocycles. The SMILES string of the molecule is COc1ccc([C@@H]2[C@H]3C(=O)N(c4ccc(C)cc4)C(=O)[C@H]3ON2c2ccccc2)cc1OC. The summed E-state index contributed by atoms with van der Waals surface area (Å²) in [6.45, 7) is 1.96. The van der Waals surface area contributed by atoms with Crippen LogP contribution in [0.1, 0.15) is 17.2 Å². The van der Waals surface area contributed by atoms with Crippen molar-refractivity contribution in [3.63, 3.8) is 0 Å². The van der Waals surface area contributed by atoms with Gasteiger partial charge in [-0.3, -0.25) is 14.4 Å². The molecule has 2 fully saturated rings. The smallest absolute Gasteiger partial charge is 0.266 e. The summed E-state index contributed by atoms with van der Waals surface area (Å²) in [7, 11) is 3.13. The summed E-state index contributed by atoms with van der Waals surface area (Å²) in [5.41, 5.74) is 3.14. The maximum atomic E-state index is 13.7. The Kier molecular flexibility index (Phi) is 5.26. The van der Waals surface area contributed by atoms with Crippen LogP contribution in [0.4, 0.5) is 11.4 Å². The highest BCUT2D eigenvalue weighted by Gasteiger charge is 2.60. The third-order valence-electron chi connectivity index (χ3n) is 6.17. The van der Waals surface area contributed by atoms with Gasteiger partial charge >= 0.3 is 0 Å². The molecule has 3 atom stereocenters. The molecule has 3 aromatic rings. The zero-order valence-electron chi connectivity index (χ0n) is 18.6. The summed E-state index contributed by atoms with van der Waals surface area (Å²) >= 11 is 0. The van der Waals surface area contributed by atoms with Crippen LogP contribution in [0.5, 0.6) is 11.5 Å². The highest BCUT2D eigenvalue weighted by Crippen LogP contribution is 2.48. The predicted molar refractivity (Wildman–Crippen MR) is 123 cm³/mol. The second-order valence-electron chi connectivity index (χ2n) is 8.12. The summed E-state index contributed by atoms with van der Waals surface area (Å²) in [4.78, 5) is 34.4. The number of hydrogen-bond acceptors (Lipinski definition) is 6. The molecule has 7 heteroatoms. The molecule has 7 nitrogen and oxygen atoms in total. The molecule has 0 saturated carbocycles. The predicted octanol–water partition coefficient (Wildman–Crippen LogP) is 4.06. The van der Waals surface area contributed by atoms with E-state index >= 15 is 0 Å². The molecule has 0 aliphatic carbocycles. The van der Waals surface area contributed by atoms with Gasteiger partial charge in [0.2, 0.25) is 5.91 Å². The van der Waals surface area contributed by atoms with Crippen LogP contribution < -0.4 is 19.4 Å². The molecule has 3 aromatic carbocycles. The number of fused-ring (bicyclic) bond motifs is 1. The van der Waals surface area contributed by atoms with Crippen molar-refractivity contribution in [3.05, 3.63) is 83.9 Å². The van der Waals surface area contributed by atoms with Crippen LogP contribution in [-0.4, -0.2) is 32.1 Å². The van der Waals surface area contributed by atoms with E-state index in [0.29, 0.717) is 17.2 Å². The minimum absolute atomic E-state index is 0.285. The lowest BCUT2D eigenvalue weighted by molar-refractivity contribution is -0.126. The number of amides is 2. The van der Waals surface area contributed by atoms with Crippen LogP contribution >= 0.6 is 0 Å². The summed E-state index contributed by atoms with van der Waals surface area (Å²) in [5, 5.41) is 1.67. The van der Waals surface area contributed by atoms with Gasteiger partial charge in [-0.25, -0.2) is 9.96 Å². The molecule has 33 heavy (non-hydrogen) atoms. The van der Waals surface area contributed by atoms with Gasteiger partial charge in [-0.1, -0.05) is 42.0 Å². The van der Waals surface area contributed by atoms with Gasteiger partial charge in [0.05, 0.1) is 31.6 Å². The van der Waals surface area contributed by atoms with E-state index in [1.807, 2.05) is 61.5 Å². The lowest BCUT2D eigenvalue weighted by Gasteiger charge is -2.29. The Labute approximate surface area is 192 Å². The number of hydrogen-bond donors (Lipinski definition) is 0. The maximum Gasteiger partial charge on any atom is 0.266 e. The first kappa shape index (κ1) is 21.0. The zero-order chi connectivity index (χ0) is 23.1. The summed E-state index contributed by atoms with van der Waals surface area (Å²) in [5.74, 6) is -0.237. The molecule has 0 aromatic heterocycles. The van der Waals surface area contributed by atoms with Crippen molar-refractivity contribution < 1.29 is 23.9 Å². The topological polar surface area (TPSA) is 68.3 Å². The van der Waals surface area contributed by atoms with Crippen molar-refractivity contribution in [2.75, 3.05) is 24.2 Å². The Morgan fingerprint density at radius 3 is 2.15 bits per heavy atom. The first-order valence-corrected chi connectivity index (χ1v) is 10.7. The first-order valence-electron chi connectivity index (χ1n) is 10.7. The Morgan fingerprint density at radius 1 is 0.788 bits per heavy atom. The normalized spacial score (nSPS) is 22.0. The lowest BCUT2D eigenvalue weighted by atomic mass is 9.90. The third-order valence-corrected chi connectivity index (χ3v) is 6.17. The fourth-order valence-corrected chi connectivity index (χ4v) is 4.54. The van der Waals surface area contributed by atoms with Gasteiger partial charge < -0.3 is 9.47 Å². The number of aryl methyl sites for hydroxylation is 1. The second-order valence-corrected chi connectivity index (χ2v) is 8.12. The molecule has 2 saturated heterocycles. The number of anilines is 2. The number of para-hydroxylation sites is 1. The number of benzene rings is 3. The molecular weight excluding hydrogens is 420 g/mol. The van der Waals surface area contributed by atoms with E-state index in [1.165, 1.54) is 4.90 Å². The summed E-state index contributed by atoms with van der Waals surface area (Å²) < 4.78 is 10.9. The van der Waals surface area contributed by atoms with Crippen LogP contribution in [0.2, 0.25) is 0 Å². The largest absolute Gasteiger partial charge is 0.493 e. The minimum Gasteiger partial charge on any atom is -0.493 e. The van der Waals surface area contributed by atoms with Gasteiger partial charge in [0.15, 0.2) is 17.6 Å². The number of ether oxygens (including phenoxy) is 2. The maximum absolute atomic E-state index is 13.7. The minimum atomic E-state index is -0.919.